The Hall–Kier alpha value is -1.27. The van der Waals surface area contributed by atoms with E-state index in [1.807, 2.05) is 0 Å². The average Bonchev–Trinajstić information content (AvgIpc) is 3.19. The number of nitrogens with zero attached hydrogens (tertiary/aromatic N) is 1. The molecule has 0 aliphatic heterocycles. The first kappa shape index (κ1) is 14.1. The van der Waals surface area contributed by atoms with Crippen LogP contribution in [0, 0.1) is 0 Å². The van der Waals surface area contributed by atoms with Crippen LogP contribution in [0.25, 0.3) is 0 Å². The molecular formula is C12H14ClNO4S. The number of carbonyl (C=O) groups is 1. The van der Waals surface area contributed by atoms with Gasteiger partial charge in [0.05, 0.1) is 7.11 Å². The summed E-state index contributed by atoms with van der Waals surface area (Å²) in [6.45, 7) is 0.373. The van der Waals surface area contributed by atoms with Gasteiger partial charge in [-0.15, -0.1) is 0 Å². The number of hydrogen-bond donors (Lipinski definition) is 0. The average molecular weight is 304 g/mol. The number of halogens is 1. The summed E-state index contributed by atoms with van der Waals surface area (Å²) in [6, 6.07) is 4.99. The molecule has 5 nitrogen and oxygen atoms in total. The monoisotopic (exact) mass is 303 g/mol. The van der Waals surface area contributed by atoms with Crippen molar-refractivity contribution >= 4 is 26.1 Å². The quantitative estimate of drug-likeness (QED) is 0.593. The molecule has 0 spiro atoms. The molecule has 1 amide bonds. The van der Waals surface area contributed by atoms with Gasteiger partial charge in [0.25, 0.3) is 9.05 Å². The van der Waals surface area contributed by atoms with Crippen LogP contribution in [0.1, 0.15) is 18.4 Å². The fraction of sp³-hybridized carbons (Fsp3) is 0.417. The van der Waals surface area contributed by atoms with Crippen molar-refractivity contribution in [3.05, 3.63) is 23.8 Å². The zero-order valence-corrected chi connectivity index (χ0v) is 11.9. The number of amides is 1. The molecular weight excluding hydrogens is 290 g/mol. The van der Waals surface area contributed by atoms with E-state index in [-0.39, 0.29) is 16.7 Å². The Balaban J connectivity index is 2.29. The van der Waals surface area contributed by atoms with Gasteiger partial charge in [-0.1, -0.05) is 6.07 Å². The van der Waals surface area contributed by atoms with Gasteiger partial charge in [-0.2, -0.15) is 0 Å². The SMILES string of the molecule is COc1ccc(CN(C=O)C2CC2)cc1S(=O)(=O)Cl. The summed E-state index contributed by atoms with van der Waals surface area (Å²) in [6.07, 6.45) is 2.78. The van der Waals surface area contributed by atoms with Crippen molar-refractivity contribution in [2.45, 2.75) is 30.3 Å². The summed E-state index contributed by atoms with van der Waals surface area (Å²) in [5.74, 6) is 0.197. The topological polar surface area (TPSA) is 63.7 Å². The third kappa shape index (κ3) is 3.39. The van der Waals surface area contributed by atoms with Crippen molar-refractivity contribution in [3.63, 3.8) is 0 Å². The number of rotatable bonds is 6. The Kier molecular flexibility index (Phi) is 4.01. The van der Waals surface area contributed by atoms with Crippen LogP contribution in [0.5, 0.6) is 5.75 Å². The van der Waals surface area contributed by atoms with Crippen LogP contribution in [-0.4, -0.2) is 32.9 Å². The van der Waals surface area contributed by atoms with E-state index >= 15 is 0 Å². The molecule has 0 saturated heterocycles. The normalized spacial score (nSPS) is 15.1. The van der Waals surface area contributed by atoms with Gasteiger partial charge in [-0.25, -0.2) is 8.42 Å². The van der Waals surface area contributed by atoms with Crippen molar-refractivity contribution in [3.8, 4) is 5.75 Å². The van der Waals surface area contributed by atoms with E-state index in [4.69, 9.17) is 15.4 Å². The van der Waals surface area contributed by atoms with Crippen LogP contribution in [-0.2, 0) is 20.4 Å². The second-order valence-electron chi connectivity index (χ2n) is 4.43. The highest BCUT2D eigenvalue weighted by Crippen LogP contribution is 2.30. The Morgan fingerprint density at radius 1 is 1.47 bits per heavy atom. The molecule has 19 heavy (non-hydrogen) atoms. The Morgan fingerprint density at radius 2 is 2.16 bits per heavy atom. The number of carbonyl (C=O) groups excluding carboxylic acids is 1. The van der Waals surface area contributed by atoms with Crippen LogP contribution in [0.3, 0.4) is 0 Å². The maximum absolute atomic E-state index is 11.5. The van der Waals surface area contributed by atoms with E-state index in [0.29, 0.717) is 12.1 Å². The second kappa shape index (κ2) is 5.38. The lowest BCUT2D eigenvalue weighted by Crippen LogP contribution is -2.23. The Morgan fingerprint density at radius 3 is 2.63 bits per heavy atom. The number of ether oxygens (including phenoxy) is 1. The zero-order chi connectivity index (χ0) is 14.0. The molecule has 1 aliphatic carbocycles. The van der Waals surface area contributed by atoms with E-state index in [1.165, 1.54) is 13.2 Å². The maximum atomic E-state index is 11.5. The maximum Gasteiger partial charge on any atom is 0.264 e. The molecule has 0 atom stereocenters. The minimum atomic E-state index is -3.87. The number of benzene rings is 1. The lowest BCUT2D eigenvalue weighted by atomic mass is 10.2. The summed E-state index contributed by atoms with van der Waals surface area (Å²) in [5.41, 5.74) is 0.707. The number of methoxy groups -OCH3 is 1. The predicted octanol–water partition coefficient (Wildman–Crippen LogP) is 1.74. The minimum Gasteiger partial charge on any atom is -0.495 e. The van der Waals surface area contributed by atoms with Crippen LogP contribution < -0.4 is 4.74 Å². The first-order chi connectivity index (χ1) is 8.95. The van der Waals surface area contributed by atoms with Crippen molar-refractivity contribution in [1.82, 2.24) is 4.90 Å². The van der Waals surface area contributed by atoms with Crippen LogP contribution in [0.2, 0.25) is 0 Å². The zero-order valence-electron chi connectivity index (χ0n) is 10.4. The second-order valence-corrected chi connectivity index (χ2v) is 6.97. The molecule has 0 radical (unpaired) electrons. The van der Waals surface area contributed by atoms with E-state index in [1.54, 1.807) is 17.0 Å². The minimum absolute atomic E-state index is 0.0733. The molecule has 0 unspecified atom stereocenters. The molecule has 1 saturated carbocycles. The van der Waals surface area contributed by atoms with Crippen LogP contribution in [0.4, 0.5) is 0 Å². The van der Waals surface area contributed by atoms with Gasteiger partial charge < -0.3 is 9.64 Å². The lowest BCUT2D eigenvalue weighted by Gasteiger charge is -2.17. The molecule has 0 heterocycles. The van der Waals surface area contributed by atoms with Crippen molar-refractivity contribution in [1.29, 1.82) is 0 Å². The fourth-order valence-electron chi connectivity index (χ4n) is 1.88. The molecule has 1 aromatic rings. The predicted molar refractivity (Wildman–Crippen MR) is 70.7 cm³/mol. The first-order valence-electron chi connectivity index (χ1n) is 5.78. The van der Waals surface area contributed by atoms with Crippen molar-refractivity contribution in [2.75, 3.05) is 7.11 Å². The third-order valence-electron chi connectivity index (χ3n) is 3.01. The van der Waals surface area contributed by atoms with Gasteiger partial charge >= 0.3 is 0 Å². The van der Waals surface area contributed by atoms with Gasteiger partial charge in [-0.3, -0.25) is 4.79 Å². The number of hydrogen-bond acceptors (Lipinski definition) is 4. The molecule has 0 bridgehead atoms. The largest absolute Gasteiger partial charge is 0.495 e. The summed E-state index contributed by atoms with van der Waals surface area (Å²) in [7, 11) is 2.87. The van der Waals surface area contributed by atoms with Crippen LogP contribution >= 0.6 is 10.7 Å². The standard InChI is InChI=1S/C12H14ClNO4S/c1-18-11-5-2-9(6-12(11)19(13,16)17)7-14(8-15)10-3-4-10/h2,5-6,8,10H,3-4,7H2,1H3. The Bertz CT molecular complexity index is 583. The summed E-state index contributed by atoms with van der Waals surface area (Å²) >= 11 is 0. The lowest BCUT2D eigenvalue weighted by molar-refractivity contribution is -0.119. The summed E-state index contributed by atoms with van der Waals surface area (Å²) in [4.78, 5) is 12.5. The third-order valence-corrected chi connectivity index (χ3v) is 4.35. The molecule has 1 aliphatic rings. The fourth-order valence-corrected chi connectivity index (χ4v) is 2.93. The van der Waals surface area contributed by atoms with Crippen molar-refractivity contribution < 1.29 is 17.9 Å². The van der Waals surface area contributed by atoms with E-state index in [9.17, 15) is 13.2 Å². The van der Waals surface area contributed by atoms with Crippen LogP contribution in [0.15, 0.2) is 23.1 Å². The summed E-state index contributed by atoms with van der Waals surface area (Å²) < 4.78 is 27.9. The van der Waals surface area contributed by atoms with Gasteiger partial charge in [0, 0.05) is 23.3 Å². The van der Waals surface area contributed by atoms with E-state index in [2.05, 4.69) is 0 Å². The highest BCUT2D eigenvalue weighted by atomic mass is 35.7. The molecule has 7 heteroatoms. The van der Waals surface area contributed by atoms with E-state index in [0.717, 1.165) is 19.3 Å². The molecule has 0 N–H and O–H groups in total. The first-order valence-corrected chi connectivity index (χ1v) is 8.09. The highest BCUT2D eigenvalue weighted by molar-refractivity contribution is 8.13. The van der Waals surface area contributed by atoms with Gasteiger partial charge in [-0.05, 0) is 30.5 Å². The van der Waals surface area contributed by atoms with Gasteiger partial charge in [0.2, 0.25) is 6.41 Å². The summed E-state index contributed by atoms with van der Waals surface area (Å²) in [5, 5.41) is 0. The van der Waals surface area contributed by atoms with Gasteiger partial charge in [0.1, 0.15) is 10.6 Å². The molecule has 2 rings (SSSR count). The highest BCUT2D eigenvalue weighted by Gasteiger charge is 2.28. The smallest absolute Gasteiger partial charge is 0.264 e. The Labute approximate surface area is 116 Å². The molecule has 104 valence electrons. The molecule has 0 aromatic heterocycles. The molecule has 1 fully saturated rings. The van der Waals surface area contributed by atoms with Crippen molar-refractivity contribution in [2.24, 2.45) is 0 Å². The molecule has 1 aromatic carbocycles. The van der Waals surface area contributed by atoms with Gasteiger partial charge in [0.15, 0.2) is 0 Å². The van der Waals surface area contributed by atoms with E-state index < -0.39 is 9.05 Å².